The summed E-state index contributed by atoms with van der Waals surface area (Å²) in [5, 5.41) is 0. The number of aromatic nitrogens is 1. The smallest absolute Gasteiger partial charge is 0.314 e. The highest BCUT2D eigenvalue weighted by molar-refractivity contribution is 5.76. The molecular formula is C22H23NO3. The van der Waals surface area contributed by atoms with E-state index >= 15 is 0 Å². The van der Waals surface area contributed by atoms with E-state index in [4.69, 9.17) is 9.47 Å². The van der Waals surface area contributed by atoms with Crippen LogP contribution in [0.4, 0.5) is 0 Å². The van der Waals surface area contributed by atoms with E-state index in [0.29, 0.717) is 29.2 Å². The summed E-state index contributed by atoms with van der Waals surface area (Å²) in [6.07, 6.45) is 7.99. The van der Waals surface area contributed by atoms with Gasteiger partial charge in [-0.1, -0.05) is 6.07 Å². The van der Waals surface area contributed by atoms with Gasteiger partial charge < -0.3 is 9.47 Å². The number of hydrogen-bond donors (Lipinski definition) is 0. The molecule has 0 unspecified atom stereocenters. The average molecular weight is 349 g/mol. The van der Waals surface area contributed by atoms with Crippen molar-refractivity contribution in [1.82, 2.24) is 4.98 Å². The lowest BCUT2D eigenvalue weighted by Crippen LogP contribution is -2.49. The summed E-state index contributed by atoms with van der Waals surface area (Å²) < 4.78 is 11.4. The van der Waals surface area contributed by atoms with E-state index < -0.39 is 0 Å². The standard InChI is InChI=1S/C22H23NO3/c24-22(21-16-10-14-9-15(12-16)13-17(21)11-14)26-19-6-4-18(5-7-19)25-20-3-1-2-8-23-20/h1-8,14-17,21H,9-13H2. The van der Waals surface area contributed by atoms with Gasteiger partial charge in [0, 0.05) is 12.3 Å². The lowest BCUT2D eigenvalue weighted by atomic mass is 9.52. The van der Waals surface area contributed by atoms with Gasteiger partial charge in [-0.25, -0.2) is 4.98 Å². The van der Waals surface area contributed by atoms with E-state index in [-0.39, 0.29) is 11.9 Å². The molecule has 6 rings (SSSR count). The fraction of sp³-hybridized carbons (Fsp3) is 0.455. The Morgan fingerprint density at radius 1 is 0.846 bits per heavy atom. The van der Waals surface area contributed by atoms with E-state index in [1.807, 2.05) is 24.3 Å². The molecule has 1 heterocycles. The molecule has 0 radical (unpaired) electrons. The Hall–Kier alpha value is -2.36. The van der Waals surface area contributed by atoms with Gasteiger partial charge in [0.25, 0.3) is 0 Å². The summed E-state index contributed by atoms with van der Waals surface area (Å²) in [6, 6.07) is 12.8. The highest BCUT2D eigenvalue weighted by Crippen LogP contribution is 2.56. The van der Waals surface area contributed by atoms with Crippen molar-refractivity contribution in [2.24, 2.45) is 29.6 Å². The molecule has 4 nitrogen and oxygen atoms in total. The second-order valence-corrected chi connectivity index (χ2v) is 8.12. The number of carbonyl (C=O) groups excluding carboxylic acids is 1. The van der Waals surface area contributed by atoms with Crippen LogP contribution in [-0.2, 0) is 4.79 Å². The number of nitrogens with zero attached hydrogens (tertiary/aromatic N) is 1. The number of carbonyl (C=O) groups is 1. The van der Waals surface area contributed by atoms with Gasteiger partial charge in [-0.15, -0.1) is 0 Å². The minimum Gasteiger partial charge on any atom is -0.439 e. The maximum Gasteiger partial charge on any atom is 0.314 e. The number of benzene rings is 1. The number of ether oxygens (including phenoxy) is 2. The number of rotatable bonds is 4. The Morgan fingerprint density at radius 2 is 1.50 bits per heavy atom. The monoisotopic (exact) mass is 349 g/mol. The number of pyridine rings is 1. The van der Waals surface area contributed by atoms with Crippen molar-refractivity contribution in [3.8, 4) is 17.4 Å². The van der Waals surface area contributed by atoms with Crippen LogP contribution in [0.25, 0.3) is 0 Å². The summed E-state index contributed by atoms with van der Waals surface area (Å²) in [5.41, 5.74) is 0. The van der Waals surface area contributed by atoms with Crippen LogP contribution < -0.4 is 9.47 Å². The largest absolute Gasteiger partial charge is 0.439 e. The molecule has 4 bridgehead atoms. The molecule has 4 saturated carbocycles. The topological polar surface area (TPSA) is 48.4 Å². The third-order valence-electron chi connectivity index (χ3n) is 6.40. The summed E-state index contributed by atoms with van der Waals surface area (Å²) >= 11 is 0. The Balaban J connectivity index is 1.24. The number of hydrogen-bond acceptors (Lipinski definition) is 4. The van der Waals surface area contributed by atoms with Gasteiger partial charge in [-0.2, -0.15) is 0 Å². The van der Waals surface area contributed by atoms with Gasteiger partial charge >= 0.3 is 5.97 Å². The molecule has 4 aliphatic rings. The first-order valence-corrected chi connectivity index (χ1v) is 9.65. The highest BCUT2D eigenvalue weighted by Gasteiger charge is 2.51. The van der Waals surface area contributed by atoms with E-state index in [0.717, 1.165) is 11.8 Å². The molecule has 1 aromatic carbocycles. The van der Waals surface area contributed by atoms with Crippen molar-refractivity contribution < 1.29 is 14.3 Å². The Labute approximate surface area is 153 Å². The fourth-order valence-electron chi connectivity index (χ4n) is 5.60. The van der Waals surface area contributed by atoms with Gasteiger partial charge in [-0.05, 0) is 86.1 Å². The zero-order valence-corrected chi connectivity index (χ0v) is 14.7. The van der Waals surface area contributed by atoms with Crippen molar-refractivity contribution in [3.05, 3.63) is 48.7 Å². The van der Waals surface area contributed by atoms with Crippen molar-refractivity contribution in [2.45, 2.75) is 32.1 Å². The molecule has 26 heavy (non-hydrogen) atoms. The van der Waals surface area contributed by atoms with Crippen molar-refractivity contribution in [1.29, 1.82) is 0 Å². The Bertz CT molecular complexity index is 759. The molecule has 0 saturated heterocycles. The van der Waals surface area contributed by atoms with Crippen molar-refractivity contribution >= 4 is 5.97 Å². The maximum absolute atomic E-state index is 12.8. The van der Waals surface area contributed by atoms with Crippen molar-refractivity contribution in [3.63, 3.8) is 0 Å². The van der Waals surface area contributed by atoms with Gasteiger partial charge in [0.1, 0.15) is 11.5 Å². The first-order valence-electron chi connectivity index (χ1n) is 9.65. The lowest BCUT2D eigenvalue weighted by Gasteiger charge is -2.53. The molecular weight excluding hydrogens is 326 g/mol. The van der Waals surface area contributed by atoms with E-state index in [1.54, 1.807) is 24.4 Å². The van der Waals surface area contributed by atoms with Crippen LogP contribution in [0.1, 0.15) is 32.1 Å². The number of esters is 1. The molecule has 0 amide bonds. The second-order valence-electron chi connectivity index (χ2n) is 8.12. The third-order valence-corrected chi connectivity index (χ3v) is 6.40. The highest BCUT2D eigenvalue weighted by atomic mass is 16.5. The van der Waals surface area contributed by atoms with Gasteiger partial charge in [-0.3, -0.25) is 4.79 Å². The zero-order valence-electron chi connectivity index (χ0n) is 14.7. The lowest BCUT2D eigenvalue weighted by molar-refractivity contribution is -0.152. The first kappa shape index (κ1) is 15.9. The van der Waals surface area contributed by atoms with Crippen LogP contribution in [-0.4, -0.2) is 11.0 Å². The van der Waals surface area contributed by atoms with Crippen LogP contribution in [0.2, 0.25) is 0 Å². The van der Waals surface area contributed by atoms with E-state index in [1.165, 1.54) is 32.1 Å². The quantitative estimate of drug-likeness (QED) is 0.585. The molecule has 1 aromatic heterocycles. The normalized spacial score (nSPS) is 31.6. The van der Waals surface area contributed by atoms with Crippen LogP contribution in [0, 0.1) is 29.6 Å². The fourth-order valence-corrected chi connectivity index (χ4v) is 5.60. The molecule has 134 valence electrons. The molecule has 0 spiro atoms. The molecule has 2 aromatic rings. The zero-order chi connectivity index (χ0) is 17.5. The molecule has 4 fully saturated rings. The SMILES string of the molecule is O=C(Oc1ccc(Oc2ccccn2)cc1)C1C2CC3CC(C2)CC1C3. The van der Waals surface area contributed by atoms with Gasteiger partial charge in [0.15, 0.2) is 0 Å². The maximum atomic E-state index is 12.8. The summed E-state index contributed by atoms with van der Waals surface area (Å²) in [5.74, 6) is 4.72. The Morgan fingerprint density at radius 3 is 2.12 bits per heavy atom. The van der Waals surface area contributed by atoms with E-state index in [9.17, 15) is 4.79 Å². The first-order chi connectivity index (χ1) is 12.7. The predicted octanol–water partition coefficient (Wildman–Crippen LogP) is 4.85. The van der Waals surface area contributed by atoms with Crippen molar-refractivity contribution in [2.75, 3.05) is 0 Å². The molecule has 4 aliphatic carbocycles. The van der Waals surface area contributed by atoms with Crippen LogP contribution in [0.15, 0.2) is 48.7 Å². The minimum absolute atomic E-state index is 0.0304. The van der Waals surface area contributed by atoms with Crippen LogP contribution in [0.5, 0.6) is 17.4 Å². The second kappa shape index (κ2) is 6.42. The summed E-state index contributed by atoms with van der Waals surface area (Å²) in [4.78, 5) is 17.0. The predicted molar refractivity (Wildman–Crippen MR) is 96.9 cm³/mol. The van der Waals surface area contributed by atoms with Crippen LogP contribution >= 0.6 is 0 Å². The molecule has 0 aliphatic heterocycles. The average Bonchev–Trinajstić information content (AvgIpc) is 2.63. The third kappa shape index (κ3) is 2.98. The Kier molecular flexibility index (Phi) is 3.92. The van der Waals surface area contributed by atoms with Gasteiger partial charge in [0.05, 0.1) is 5.92 Å². The summed E-state index contributed by atoms with van der Waals surface area (Å²) in [6.45, 7) is 0. The van der Waals surface area contributed by atoms with Gasteiger partial charge in [0.2, 0.25) is 5.88 Å². The summed E-state index contributed by atoms with van der Waals surface area (Å²) in [7, 11) is 0. The molecule has 4 heteroatoms. The minimum atomic E-state index is -0.0304. The molecule has 0 N–H and O–H groups in total. The van der Waals surface area contributed by atoms with Crippen LogP contribution in [0.3, 0.4) is 0 Å². The van der Waals surface area contributed by atoms with E-state index in [2.05, 4.69) is 4.98 Å². The molecule has 0 atom stereocenters.